The third kappa shape index (κ3) is 3.12. The van der Waals surface area contributed by atoms with E-state index < -0.39 is 5.97 Å². The molecule has 1 aromatic rings. The van der Waals surface area contributed by atoms with E-state index in [4.69, 9.17) is 9.52 Å². The van der Waals surface area contributed by atoms with Gasteiger partial charge in [-0.15, -0.1) is 0 Å². The summed E-state index contributed by atoms with van der Waals surface area (Å²) in [5, 5.41) is 11.5. The highest BCUT2D eigenvalue weighted by atomic mass is 16.4. The van der Waals surface area contributed by atoms with Gasteiger partial charge in [0.05, 0.1) is 6.54 Å². The zero-order valence-electron chi connectivity index (χ0n) is 11.8. The molecule has 2 atom stereocenters. The molecule has 2 N–H and O–H groups in total. The highest BCUT2D eigenvalue weighted by molar-refractivity contribution is 5.84. The summed E-state index contributed by atoms with van der Waals surface area (Å²) < 4.78 is 5.10. The lowest BCUT2D eigenvalue weighted by molar-refractivity contribution is 0.0660. The largest absolute Gasteiger partial charge is 0.475 e. The van der Waals surface area contributed by atoms with Gasteiger partial charge in [0.15, 0.2) is 0 Å². The molecule has 1 aliphatic rings. The van der Waals surface area contributed by atoms with Crippen LogP contribution in [0.3, 0.4) is 0 Å². The van der Waals surface area contributed by atoms with Crippen molar-refractivity contribution in [3.63, 3.8) is 0 Å². The van der Waals surface area contributed by atoms with E-state index in [-0.39, 0.29) is 24.4 Å². The minimum absolute atomic E-state index is 0.116. The lowest BCUT2D eigenvalue weighted by atomic mass is 9.92. The number of carbonyl (C=O) groups is 2. The van der Waals surface area contributed by atoms with Crippen molar-refractivity contribution in [3.05, 3.63) is 23.7 Å². The Morgan fingerprint density at radius 2 is 2.20 bits per heavy atom. The van der Waals surface area contributed by atoms with E-state index in [2.05, 4.69) is 19.2 Å². The smallest absolute Gasteiger partial charge is 0.371 e. The summed E-state index contributed by atoms with van der Waals surface area (Å²) in [6, 6.07) is 3.04. The lowest BCUT2D eigenvalue weighted by Crippen LogP contribution is -2.50. The molecule has 6 nitrogen and oxygen atoms in total. The van der Waals surface area contributed by atoms with E-state index in [1.54, 1.807) is 6.07 Å². The summed E-state index contributed by atoms with van der Waals surface area (Å²) >= 11 is 0. The number of piperidine rings is 1. The zero-order valence-corrected chi connectivity index (χ0v) is 11.8. The first-order chi connectivity index (χ1) is 9.49. The van der Waals surface area contributed by atoms with Crippen LogP contribution in [0, 0.1) is 5.92 Å². The van der Waals surface area contributed by atoms with E-state index in [0.717, 1.165) is 19.4 Å². The van der Waals surface area contributed by atoms with Gasteiger partial charge in [0, 0.05) is 12.6 Å². The number of carboxylic acids is 1. The number of hydrogen-bond acceptors (Lipinski definition) is 3. The van der Waals surface area contributed by atoms with Crippen LogP contribution in [-0.2, 0) is 6.54 Å². The van der Waals surface area contributed by atoms with Crippen LogP contribution in [0.15, 0.2) is 16.5 Å². The van der Waals surface area contributed by atoms with Crippen LogP contribution in [0.5, 0.6) is 0 Å². The molecule has 1 aromatic heterocycles. The van der Waals surface area contributed by atoms with Crippen molar-refractivity contribution in [1.82, 2.24) is 10.2 Å². The van der Waals surface area contributed by atoms with Crippen LogP contribution in [0.4, 0.5) is 4.79 Å². The lowest BCUT2D eigenvalue weighted by Gasteiger charge is -2.37. The Kier molecular flexibility index (Phi) is 4.32. The summed E-state index contributed by atoms with van der Waals surface area (Å²) in [7, 11) is 0. The van der Waals surface area contributed by atoms with Crippen LogP contribution < -0.4 is 5.32 Å². The Morgan fingerprint density at radius 3 is 2.85 bits per heavy atom. The third-order valence-electron chi connectivity index (χ3n) is 3.92. The second-order valence-electron chi connectivity index (χ2n) is 5.28. The normalized spacial score (nSPS) is 22.6. The first-order valence-corrected chi connectivity index (χ1v) is 6.85. The van der Waals surface area contributed by atoms with Gasteiger partial charge in [-0.05, 0) is 37.8 Å². The van der Waals surface area contributed by atoms with Crippen molar-refractivity contribution in [2.24, 2.45) is 5.92 Å². The van der Waals surface area contributed by atoms with Crippen molar-refractivity contribution in [2.45, 2.75) is 39.3 Å². The zero-order chi connectivity index (χ0) is 14.7. The Bertz CT molecular complexity index is 497. The second kappa shape index (κ2) is 5.98. The maximum atomic E-state index is 12.1. The molecule has 20 heavy (non-hydrogen) atoms. The van der Waals surface area contributed by atoms with Crippen LogP contribution in [0.1, 0.15) is 43.0 Å². The minimum Gasteiger partial charge on any atom is -0.475 e. The molecule has 0 spiro atoms. The monoisotopic (exact) mass is 280 g/mol. The van der Waals surface area contributed by atoms with Crippen molar-refractivity contribution in [1.29, 1.82) is 0 Å². The van der Waals surface area contributed by atoms with Gasteiger partial charge >= 0.3 is 12.0 Å². The third-order valence-corrected chi connectivity index (χ3v) is 3.92. The van der Waals surface area contributed by atoms with Crippen LogP contribution in [-0.4, -0.2) is 34.6 Å². The molecule has 0 saturated carbocycles. The maximum absolute atomic E-state index is 12.1. The summed E-state index contributed by atoms with van der Waals surface area (Å²) in [6.45, 7) is 5.16. The quantitative estimate of drug-likeness (QED) is 0.890. The Hall–Kier alpha value is -1.98. The molecule has 0 radical (unpaired) electrons. The van der Waals surface area contributed by atoms with Gasteiger partial charge in [-0.3, -0.25) is 0 Å². The molecule has 1 fully saturated rings. The Balaban J connectivity index is 1.89. The summed E-state index contributed by atoms with van der Waals surface area (Å²) in [5.74, 6) is -0.291. The number of nitrogens with one attached hydrogen (secondary N) is 1. The van der Waals surface area contributed by atoms with Crippen molar-refractivity contribution in [3.8, 4) is 0 Å². The number of carbonyl (C=O) groups excluding carboxylic acids is 1. The van der Waals surface area contributed by atoms with Crippen LogP contribution in [0.2, 0.25) is 0 Å². The highest BCUT2D eigenvalue weighted by Gasteiger charge is 2.28. The molecule has 0 aromatic carbocycles. The predicted octanol–water partition coefficient (Wildman–Crippen LogP) is 2.31. The molecule has 1 saturated heterocycles. The molecular weight excluding hydrogens is 260 g/mol. The molecule has 6 heteroatoms. The van der Waals surface area contributed by atoms with Gasteiger partial charge in [-0.2, -0.15) is 0 Å². The van der Waals surface area contributed by atoms with Gasteiger partial charge in [0.1, 0.15) is 5.76 Å². The maximum Gasteiger partial charge on any atom is 0.371 e. The highest BCUT2D eigenvalue weighted by Crippen LogP contribution is 2.22. The summed E-state index contributed by atoms with van der Waals surface area (Å²) in [6.07, 6.45) is 2.16. The predicted molar refractivity (Wildman–Crippen MR) is 72.5 cm³/mol. The fourth-order valence-corrected chi connectivity index (χ4v) is 2.47. The second-order valence-corrected chi connectivity index (χ2v) is 5.28. The molecule has 0 aliphatic carbocycles. The van der Waals surface area contributed by atoms with E-state index in [9.17, 15) is 9.59 Å². The standard InChI is InChI=1S/C14H20N2O4/c1-9-4-3-7-16(10(9)2)14(19)15-8-11-5-6-12(20-11)13(17)18/h5-6,9-10H,3-4,7-8H2,1-2H3,(H,15,19)(H,17,18). The summed E-state index contributed by atoms with van der Waals surface area (Å²) in [4.78, 5) is 24.6. The molecule has 1 aliphatic heterocycles. The average molecular weight is 280 g/mol. The van der Waals surface area contributed by atoms with Gasteiger partial charge in [-0.1, -0.05) is 6.92 Å². The Labute approximate surface area is 117 Å². The number of nitrogens with zero attached hydrogens (tertiary/aromatic N) is 1. The van der Waals surface area contributed by atoms with Gasteiger partial charge in [0.2, 0.25) is 5.76 Å². The van der Waals surface area contributed by atoms with Crippen molar-refractivity contribution >= 4 is 12.0 Å². The SMILES string of the molecule is CC1CCCN(C(=O)NCc2ccc(C(=O)O)o2)C1C. The molecule has 0 bridgehead atoms. The number of likely N-dealkylation sites (tertiary alicyclic amines) is 1. The van der Waals surface area contributed by atoms with Crippen LogP contribution >= 0.6 is 0 Å². The number of furan rings is 1. The average Bonchev–Trinajstić information content (AvgIpc) is 2.88. The first kappa shape index (κ1) is 14.4. The Morgan fingerprint density at radius 1 is 1.45 bits per heavy atom. The van der Waals surface area contributed by atoms with E-state index in [1.165, 1.54) is 6.07 Å². The van der Waals surface area contributed by atoms with E-state index in [0.29, 0.717) is 11.7 Å². The number of aromatic carboxylic acids is 1. The molecule has 2 heterocycles. The molecule has 110 valence electrons. The number of hydrogen-bond donors (Lipinski definition) is 2. The van der Waals surface area contributed by atoms with Gasteiger partial charge in [0.25, 0.3) is 0 Å². The number of urea groups is 1. The van der Waals surface area contributed by atoms with Crippen molar-refractivity contribution in [2.75, 3.05) is 6.54 Å². The minimum atomic E-state index is -1.11. The number of carboxylic acid groups (broad SMARTS) is 1. The molecule has 2 rings (SSSR count). The fourth-order valence-electron chi connectivity index (χ4n) is 2.47. The van der Waals surface area contributed by atoms with Gasteiger partial charge in [-0.25, -0.2) is 9.59 Å². The summed E-state index contributed by atoms with van der Waals surface area (Å²) in [5.41, 5.74) is 0. The van der Waals surface area contributed by atoms with Crippen molar-refractivity contribution < 1.29 is 19.1 Å². The number of rotatable bonds is 3. The molecule has 2 amide bonds. The fraction of sp³-hybridized carbons (Fsp3) is 0.571. The number of amides is 2. The molecular formula is C14H20N2O4. The topological polar surface area (TPSA) is 82.8 Å². The first-order valence-electron chi connectivity index (χ1n) is 6.85. The van der Waals surface area contributed by atoms with E-state index in [1.807, 2.05) is 4.90 Å². The van der Waals surface area contributed by atoms with Crippen LogP contribution in [0.25, 0.3) is 0 Å². The van der Waals surface area contributed by atoms with Gasteiger partial charge < -0.3 is 19.7 Å². The molecule has 2 unspecified atom stereocenters. The van der Waals surface area contributed by atoms with E-state index >= 15 is 0 Å².